The summed E-state index contributed by atoms with van der Waals surface area (Å²) in [7, 11) is 1.24. The van der Waals surface area contributed by atoms with Crippen molar-refractivity contribution in [3.8, 4) is 17.8 Å². The summed E-state index contributed by atoms with van der Waals surface area (Å²) in [6.45, 7) is 0. The minimum Gasteiger partial charge on any atom is -0.505 e. The predicted octanol–water partition coefficient (Wildman–Crippen LogP) is 2.62. The molecule has 4 aromatic rings. The smallest absolute Gasteiger partial charge is 0.341 e. The third-order valence-corrected chi connectivity index (χ3v) is 4.36. The summed E-state index contributed by atoms with van der Waals surface area (Å²) >= 11 is 0. The molecule has 0 amide bonds. The first kappa shape index (κ1) is 18.7. The van der Waals surface area contributed by atoms with Crippen molar-refractivity contribution in [3.05, 3.63) is 66.1 Å². The van der Waals surface area contributed by atoms with Crippen LogP contribution in [-0.4, -0.2) is 37.9 Å². The van der Waals surface area contributed by atoms with E-state index in [1.165, 1.54) is 18.0 Å². The highest BCUT2D eigenvalue weighted by atomic mass is 16.5. The Kier molecular flexibility index (Phi) is 4.84. The second-order valence-corrected chi connectivity index (χ2v) is 6.09. The number of aromatic nitrogens is 4. The van der Waals surface area contributed by atoms with Crippen LogP contribution < -0.4 is 10.9 Å². The van der Waals surface area contributed by atoms with Crippen molar-refractivity contribution in [1.29, 1.82) is 5.26 Å². The Morgan fingerprint density at radius 3 is 2.70 bits per heavy atom. The van der Waals surface area contributed by atoms with Crippen molar-refractivity contribution in [2.24, 2.45) is 0 Å². The summed E-state index contributed by atoms with van der Waals surface area (Å²) in [4.78, 5) is 20.4. The number of rotatable bonds is 5. The van der Waals surface area contributed by atoms with Crippen LogP contribution in [0.25, 0.3) is 16.7 Å². The molecule has 2 aromatic heterocycles. The number of nitrogens with one attached hydrogen (secondary N) is 2. The molecule has 148 valence electrons. The Morgan fingerprint density at radius 2 is 1.97 bits per heavy atom. The van der Waals surface area contributed by atoms with Crippen LogP contribution in [0.1, 0.15) is 15.9 Å². The molecule has 0 fully saturated rings. The van der Waals surface area contributed by atoms with Crippen LogP contribution in [0.2, 0.25) is 0 Å². The molecule has 10 heteroatoms. The number of hydrazine groups is 1. The van der Waals surface area contributed by atoms with Crippen LogP contribution in [0, 0.1) is 11.3 Å². The zero-order chi connectivity index (χ0) is 21.1. The summed E-state index contributed by atoms with van der Waals surface area (Å²) in [6.07, 6.45) is 4.46. The molecule has 2 heterocycles. The van der Waals surface area contributed by atoms with Gasteiger partial charge in [0, 0.05) is 17.8 Å². The molecule has 0 spiro atoms. The number of esters is 1. The number of methoxy groups -OCH3 is 1. The molecular formula is C20H15N7O3. The largest absolute Gasteiger partial charge is 0.505 e. The number of nitriles is 1. The number of hydrogen-bond acceptors (Lipinski definition) is 9. The minimum absolute atomic E-state index is 0.000840. The standard InChI is InChI=1S/C20H15N7O3/c1-30-19(29)15-9-12-5-2-3-6-14(12)16(17(15)28)25-26-18-13(10-21)11-24-27(18)20-22-7-4-8-23-20/h2-9,11,25-26,28H,1H3. The monoisotopic (exact) mass is 401 g/mol. The van der Waals surface area contributed by atoms with Gasteiger partial charge in [0.1, 0.15) is 22.9 Å². The fourth-order valence-electron chi connectivity index (χ4n) is 2.95. The van der Waals surface area contributed by atoms with E-state index in [1.54, 1.807) is 42.7 Å². The number of aromatic hydroxyl groups is 1. The molecule has 0 saturated carbocycles. The Hall–Kier alpha value is -4.65. The number of benzene rings is 2. The lowest BCUT2D eigenvalue weighted by molar-refractivity contribution is 0.0598. The topological polar surface area (TPSA) is 138 Å². The van der Waals surface area contributed by atoms with Gasteiger partial charge >= 0.3 is 5.97 Å². The van der Waals surface area contributed by atoms with Gasteiger partial charge in [-0.1, -0.05) is 24.3 Å². The molecule has 0 atom stereocenters. The number of anilines is 2. The predicted molar refractivity (Wildman–Crippen MR) is 108 cm³/mol. The van der Waals surface area contributed by atoms with Crippen molar-refractivity contribution < 1.29 is 14.6 Å². The van der Waals surface area contributed by atoms with Gasteiger partial charge < -0.3 is 9.84 Å². The second-order valence-electron chi connectivity index (χ2n) is 6.09. The lowest BCUT2D eigenvalue weighted by atomic mass is 10.0. The van der Waals surface area contributed by atoms with Gasteiger partial charge in [-0.05, 0) is 17.5 Å². The molecule has 30 heavy (non-hydrogen) atoms. The van der Waals surface area contributed by atoms with E-state index >= 15 is 0 Å². The lowest BCUT2D eigenvalue weighted by Crippen LogP contribution is -2.16. The van der Waals surface area contributed by atoms with E-state index in [9.17, 15) is 15.2 Å². The maximum absolute atomic E-state index is 12.1. The van der Waals surface area contributed by atoms with Gasteiger partial charge in [-0.25, -0.2) is 14.8 Å². The van der Waals surface area contributed by atoms with Crippen LogP contribution in [0.15, 0.2) is 55.0 Å². The van der Waals surface area contributed by atoms with Crippen LogP contribution in [0.5, 0.6) is 5.75 Å². The first-order valence-electron chi connectivity index (χ1n) is 8.74. The average molecular weight is 401 g/mol. The molecule has 4 rings (SSSR count). The molecule has 0 bridgehead atoms. The van der Waals surface area contributed by atoms with Gasteiger partial charge in [0.15, 0.2) is 11.6 Å². The van der Waals surface area contributed by atoms with Gasteiger partial charge in [-0.2, -0.15) is 15.0 Å². The summed E-state index contributed by atoms with van der Waals surface area (Å²) in [5.74, 6) is -0.466. The molecule has 0 saturated heterocycles. The summed E-state index contributed by atoms with van der Waals surface area (Å²) in [6, 6.07) is 12.4. The minimum atomic E-state index is -0.679. The van der Waals surface area contributed by atoms with Crippen molar-refractivity contribution in [3.63, 3.8) is 0 Å². The molecule has 0 radical (unpaired) electrons. The van der Waals surface area contributed by atoms with Crippen LogP contribution in [-0.2, 0) is 4.74 Å². The van der Waals surface area contributed by atoms with E-state index in [0.717, 1.165) is 0 Å². The fraction of sp³-hybridized carbons (Fsp3) is 0.0500. The summed E-state index contributed by atoms with van der Waals surface area (Å²) in [5.41, 5.74) is 6.23. The van der Waals surface area contributed by atoms with Crippen molar-refractivity contribution >= 4 is 28.2 Å². The number of nitrogens with zero attached hydrogens (tertiary/aromatic N) is 5. The second kappa shape index (κ2) is 7.76. The number of ether oxygens (including phenoxy) is 1. The van der Waals surface area contributed by atoms with E-state index < -0.39 is 5.97 Å². The molecule has 0 aliphatic heterocycles. The highest BCUT2D eigenvalue weighted by molar-refractivity contribution is 6.06. The maximum atomic E-state index is 12.1. The fourth-order valence-corrected chi connectivity index (χ4v) is 2.95. The molecule has 2 aromatic carbocycles. The Morgan fingerprint density at radius 1 is 1.20 bits per heavy atom. The first-order valence-corrected chi connectivity index (χ1v) is 8.74. The number of carbonyl (C=O) groups excluding carboxylic acids is 1. The third-order valence-electron chi connectivity index (χ3n) is 4.36. The average Bonchev–Trinajstić information content (AvgIpc) is 3.21. The molecule has 10 nitrogen and oxygen atoms in total. The highest BCUT2D eigenvalue weighted by Crippen LogP contribution is 2.36. The van der Waals surface area contributed by atoms with E-state index in [-0.39, 0.29) is 34.3 Å². The molecule has 0 aliphatic carbocycles. The van der Waals surface area contributed by atoms with Crippen LogP contribution in [0.3, 0.4) is 0 Å². The SMILES string of the molecule is COC(=O)c1cc2ccccc2c(NNc2c(C#N)cnn2-c2ncccn2)c1O. The van der Waals surface area contributed by atoms with Crippen molar-refractivity contribution in [2.75, 3.05) is 18.0 Å². The molecule has 3 N–H and O–H groups in total. The summed E-state index contributed by atoms with van der Waals surface area (Å²) in [5, 5.41) is 25.6. The third kappa shape index (κ3) is 3.20. The van der Waals surface area contributed by atoms with E-state index in [1.807, 2.05) is 12.1 Å². The van der Waals surface area contributed by atoms with Gasteiger partial charge in [0.2, 0.25) is 0 Å². The van der Waals surface area contributed by atoms with Crippen molar-refractivity contribution in [1.82, 2.24) is 19.7 Å². The van der Waals surface area contributed by atoms with E-state index in [4.69, 9.17) is 4.74 Å². The van der Waals surface area contributed by atoms with Gasteiger partial charge in [-0.15, -0.1) is 0 Å². The van der Waals surface area contributed by atoms with Gasteiger partial charge in [0.25, 0.3) is 5.95 Å². The molecule has 0 aliphatic rings. The van der Waals surface area contributed by atoms with E-state index in [2.05, 4.69) is 25.9 Å². The van der Waals surface area contributed by atoms with Gasteiger partial charge in [-0.3, -0.25) is 10.9 Å². The number of fused-ring (bicyclic) bond motifs is 1. The normalized spacial score (nSPS) is 10.4. The zero-order valence-corrected chi connectivity index (χ0v) is 15.7. The number of phenolic OH excluding ortho intramolecular Hbond substituents is 1. The Labute approximate surface area is 170 Å². The zero-order valence-electron chi connectivity index (χ0n) is 15.7. The highest BCUT2D eigenvalue weighted by Gasteiger charge is 2.20. The molecule has 0 unspecified atom stereocenters. The van der Waals surface area contributed by atoms with Gasteiger partial charge in [0.05, 0.1) is 13.3 Å². The Bertz CT molecular complexity index is 1280. The Balaban J connectivity index is 1.78. The van der Waals surface area contributed by atoms with E-state index in [0.29, 0.717) is 10.8 Å². The first-order chi connectivity index (χ1) is 14.6. The number of carbonyl (C=O) groups is 1. The molecular weight excluding hydrogens is 386 g/mol. The van der Waals surface area contributed by atoms with Crippen molar-refractivity contribution in [2.45, 2.75) is 0 Å². The number of phenols is 1. The van der Waals surface area contributed by atoms with Crippen LogP contribution in [0.4, 0.5) is 11.5 Å². The maximum Gasteiger partial charge on any atom is 0.341 e. The summed E-state index contributed by atoms with van der Waals surface area (Å²) < 4.78 is 6.11. The lowest BCUT2D eigenvalue weighted by Gasteiger charge is -2.16. The quantitative estimate of drug-likeness (QED) is 0.262. The number of hydrogen-bond donors (Lipinski definition) is 3. The van der Waals surface area contributed by atoms with Crippen LogP contribution >= 0.6 is 0 Å².